The van der Waals surface area contributed by atoms with Crippen LogP contribution in [0.5, 0.6) is 0 Å². The zero-order chi connectivity index (χ0) is 17.5. The molecule has 0 N–H and O–H groups in total. The molecule has 0 saturated carbocycles. The number of hydrogen-bond acceptors (Lipinski definition) is 2. The second-order valence-corrected chi connectivity index (χ2v) is 5.30. The Morgan fingerprint density at radius 3 is 1.82 bits per heavy atom. The first kappa shape index (κ1) is 19.0. The number of morpholine rings is 1. The normalized spacial score (nSPS) is 24.4. The minimum absolute atomic E-state index is 0.405. The van der Waals surface area contributed by atoms with E-state index in [1.807, 2.05) is 0 Å². The summed E-state index contributed by atoms with van der Waals surface area (Å²) in [5, 5.41) is 0. The van der Waals surface area contributed by atoms with Crippen LogP contribution in [0.4, 0.5) is 35.1 Å². The second-order valence-electron chi connectivity index (χ2n) is 5.30. The fraction of sp³-hybridized carbons (Fsp3) is 0.833. The molecule has 0 aliphatic carbocycles. The van der Waals surface area contributed by atoms with E-state index >= 15 is 0 Å². The van der Waals surface area contributed by atoms with Crippen LogP contribution in [0.1, 0.15) is 20.8 Å². The summed E-state index contributed by atoms with van der Waals surface area (Å²) in [5.74, 6) is -5.24. The summed E-state index contributed by atoms with van der Waals surface area (Å²) in [7, 11) is 0. The molecule has 10 heteroatoms. The van der Waals surface area contributed by atoms with Crippen LogP contribution in [-0.2, 0) is 4.74 Å². The van der Waals surface area contributed by atoms with Gasteiger partial charge in [0.15, 0.2) is 6.10 Å². The Morgan fingerprint density at radius 2 is 1.45 bits per heavy atom. The average Bonchev–Trinajstić information content (AvgIpc) is 2.24. The van der Waals surface area contributed by atoms with Crippen LogP contribution in [0.3, 0.4) is 0 Å². The predicted molar refractivity (Wildman–Crippen MR) is 61.3 cm³/mol. The lowest BCUT2D eigenvalue weighted by Crippen LogP contribution is -2.56. The minimum atomic E-state index is -5.89. The molecule has 0 aromatic heterocycles. The number of nitrogens with zero attached hydrogens (tertiary/aromatic N) is 1. The molecule has 1 aliphatic heterocycles. The third-order valence-corrected chi connectivity index (χ3v) is 3.07. The quantitative estimate of drug-likeness (QED) is 0.701. The molecular formula is C12H15F8NO. The molecule has 2 atom stereocenters. The number of ether oxygens (including phenoxy) is 1. The fourth-order valence-electron chi connectivity index (χ4n) is 2.28. The summed E-state index contributed by atoms with van der Waals surface area (Å²) < 4.78 is 108. The lowest BCUT2D eigenvalue weighted by molar-refractivity contribution is -0.280. The number of rotatable bonds is 2. The van der Waals surface area contributed by atoms with Gasteiger partial charge in [0.25, 0.3) is 0 Å². The summed E-state index contributed by atoms with van der Waals surface area (Å²) in [5.41, 5.74) is -1.86. The molecule has 1 rings (SSSR count). The van der Waals surface area contributed by atoms with Crippen molar-refractivity contribution in [1.29, 1.82) is 0 Å². The summed E-state index contributed by atoms with van der Waals surface area (Å²) >= 11 is 0. The van der Waals surface area contributed by atoms with Crippen LogP contribution < -0.4 is 0 Å². The molecule has 0 spiro atoms. The van der Waals surface area contributed by atoms with Crippen LogP contribution in [0.25, 0.3) is 0 Å². The van der Waals surface area contributed by atoms with E-state index in [0.29, 0.717) is 4.90 Å². The predicted octanol–water partition coefficient (Wildman–Crippen LogP) is 4.13. The van der Waals surface area contributed by atoms with Crippen LogP contribution in [0.2, 0.25) is 0 Å². The first-order chi connectivity index (χ1) is 9.68. The summed E-state index contributed by atoms with van der Waals surface area (Å²) in [6, 6.07) is 0. The van der Waals surface area contributed by atoms with E-state index in [1.54, 1.807) is 0 Å². The third kappa shape index (κ3) is 3.82. The van der Waals surface area contributed by atoms with E-state index in [1.165, 1.54) is 6.92 Å². The number of hydrogen-bond donors (Lipinski definition) is 0. The van der Waals surface area contributed by atoms with Crippen LogP contribution in [0, 0.1) is 0 Å². The lowest BCUT2D eigenvalue weighted by Gasteiger charge is -2.42. The summed E-state index contributed by atoms with van der Waals surface area (Å²) in [6.45, 7) is 1.58. The van der Waals surface area contributed by atoms with Crippen molar-refractivity contribution in [3.05, 3.63) is 11.3 Å². The molecule has 0 bridgehead atoms. The molecule has 0 amide bonds. The number of allylic oxidation sites excluding steroid dienone is 2. The third-order valence-electron chi connectivity index (χ3n) is 3.07. The largest absolute Gasteiger partial charge is 0.459 e. The smallest absolute Gasteiger partial charge is 0.364 e. The highest BCUT2D eigenvalue weighted by atomic mass is 19.4. The summed E-state index contributed by atoms with van der Waals surface area (Å²) in [4.78, 5) is 0.412. The molecule has 1 aliphatic rings. The molecule has 1 saturated heterocycles. The average molecular weight is 341 g/mol. The fourth-order valence-corrected chi connectivity index (χ4v) is 2.28. The van der Waals surface area contributed by atoms with Gasteiger partial charge in [-0.1, -0.05) is 5.57 Å². The minimum Gasteiger partial charge on any atom is -0.364 e. The van der Waals surface area contributed by atoms with Gasteiger partial charge in [0.2, 0.25) is 0 Å². The highest BCUT2D eigenvalue weighted by Crippen LogP contribution is 2.44. The van der Waals surface area contributed by atoms with E-state index in [2.05, 4.69) is 4.74 Å². The van der Waals surface area contributed by atoms with E-state index in [9.17, 15) is 35.1 Å². The number of halogens is 8. The van der Waals surface area contributed by atoms with Crippen LogP contribution in [-0.4, -0.2) is 48.5 Å². The van der Waals surface area contributed by atoms with Crippen molar-refractivity contribution >= 4 is 0 Å². The van der Waals surface area contributed by atoms with Gasteiger partial charge >= 0.3 is 18.3 Å². The van der Waals surface area contributed by atoms with Crippen molar-refractivity contribution in [1.82, 2.24) is 4.90 Å². The summed E-state index contributed by atoms with van der Waals surface area (Å²) in [6.07, 6.45) is -14.3. The molecule has 2 nitrogen and oxygen atoms in total. The molecule has 22 heavy (non-hydrogen) atoms. The van der Waals surface area contributed by atoms with Gasteiger partial charge in [-0.3, -0.25) is 0 Å². The molecular weight excluding hydrogens is 326 g/mol. The van der Waals surface area contributed by atoms with Gasteiger partial charge in [0.05, 0.1) is 18.3 Å². The van der Waals surface area contributed by atoms with E-state index < -0.39 is 54.8 Å². The van der Waals surface area contributed by atoms with Crippen molar-refractivity contribution in [3.63, 3.8) is 0 Å². The van der Waals surface area contributed by atoms with Crippen molar-refractivity contribution in [2.75, 3.05) is 13.1 Å². The van der Waals surface area contributed by atoms with Crippen LogP contribution >= 0.6 is 0 Å². The van der Waals surface area contributed by atoms with Gasteiger partial charge in [-0.05, 0) is 20.8 Å². The second kappa shape index (κ2) is 5.86. The maximum Gasteiger partial charge on any atom is 0.459 e. The first-order valence-corrected chi connectivity index (χ1v) is 6.27. The lowest BCUT2D eigenvalue weighted by atomic mass is 10.1. The zero-order valence-electron chi connectivity index (χ0n) is 11.9. The van der Waals surface area contributed by atoms with Crippen molar-refractivity contribution in [3.8, 4) is 0 Å². The van der Waals surface area contributed by atoms with Crippen molar-refractivity contribution in [2.45, 2.75) is 51.3 Å². The Balaban J connectivity index is 3.21. The Morgan fingerprint density at radius 1 is 0.955 bits per heavy atom. The molecule has 1 fully saturated rings. The van der Waals surface area contributed by atoms with Gasteiger partial charge in [0.1, 0.15) is 0 Å². The Labute approximate surface area is 121 Å². The highest BCUT2D eigenvalue weighted by Gasteiger charge is 2.62. The highest BCUT2D eigenvalue weighted by molar-refractivity contribution is 5.21. The van der Waals surface area contributed by atoms with Crippen LogP contribution in [0.15, 0.2) is 11.3 Å². The van der Waals surface area contributed by atoms with Crippen molar-refractivity contribution < 1.29 is 39.9 Å². The van der Waals surface area contributed by atoms with Gasteiger partial charge in [-0.2, -0.15) is 35.1 Å². The molecule has 130 valence electrons. The topological polar surface area (TPSA) is 12.5 Å². The molecule has 0 aromatic carbocycles. The van der Waals surface area contributed by atoms with E-state index in [0.717, 1.165) is 13.8 Å². The maximum absolute atomic E-state index is 13.6. The molecule has 1 heterocycles. The SMILES string of the molecule is CC(C)=C(N1CC(C)OC(C(F)(F)F)C1)C(F)(F)C(F)(F)F. The number of alkyl halides is 8. The van der Waals surface area contributed by atoms with Crippen molar-refractivity contribution in [2.24, 2.45) is 0 Å². The molecule has 0 radical (unpaired) electrons. The standard InChI is InChI=1S/C12H15F8NO/c1-6(2)9(10(13,14)12(18,19)20)21-4-7(3)22-8(5-21)11(15,16)17/h7-8H,4-5H2,1-3H3. The first-order valence-electron chi connectivity index (χ1n) is 6.27. The van der Waals surface area contributed by atoms with Gasteiger partial charge in [-0.15, -0.1) is 0 Å². The zero-order valence-corrected chi connectivity index (χ0v) is 11.9. The monoisotopic (exact) mass is 341 g/mol. The Bertz CT molecular complexity index is 435. The maximum atomic E-state index is 13.6. The Hall–Kier alpha value is -1.06. The van der Waals surface area contributed by atoms with Gasteiger partial charge < -0.3 is 9.64 Å². The molecule has 2 unspecified atom stereocenters. The van der Waals surface area contributed by atoms with Gasteiger partial charge in [0, 0.05) is 6.54 Å². The Kier molecular flexibility index (Phi) is 5.06. The molecule has 0 aromatic rings. The van der Waals surface area contributed by atoms with Gasteiger partial charge in [-0.25, -0.2) is 0 Å². The van der Waals surface area contributed by atoms with E-state index in [4.69, 9.17) is 0 Å². The van der Waals surface area contributed by atoms with E-state index in [-0.39, 0.29) is 0 Å².